The van der Waals surface area contributed by atoms with E-state index in [1.807, 2.05) is 13.8 Å². The molecular formula is C13H23NO5S. The van der Waals surface area contributed by atoms with Gasteiger partial charge < -0.3 is 10.4 Å². The van der Waals surface area contributed by atoms with E-state index in [0.29, 0.717) is 25.7 Å². The second-order valence-corrected chi connectivity index (χ2v) is 8.05. The highest BCUT2D eigenvalue weighted by Crippen LogP contribution is 2.29. The van der Waals surface area contributed by atoms with Crippen molar-refractivity contribution >= 4 is 21.7 Å². The Morgan fingerprint density at radius 3 is 2.20 bits per heavy atom. The molecular weight excluding hydrogens is 282 g/mol. The van der Waals surface area contributed by atoms with Crippen LogP contribution in [-0.2, 0) is 19.4 Å². The van der Waals surface area contributed by atoms with Crippen LogP contribution in [0.1, 0.15) is 46.0 Å². The van der Waals surface area contributed by atoms with E-state index in [2.05, 4.69) is 5.32 Å². The topological polar surface area (TPSA) is 101 Å². The lowest BCUT2D eigenvalue weighted by atomic mass is 9.89. The molecule has 1 aliphatic carbocycles. The zero-order chi connectivity index (χ0) is 15.3. The Balaban J connectivity index is 2.46. The molecule has 0 unspecified atom stereocenters. The molecule has 20 heavy (non-hydrogen) atoms. The lowest BCUT2D eigenvalue weighted by molar-refractivity contribution is -0.142. The van der Waals surface area contributed by atoms with E-state index < -0.39 is 27.0 Å². The molecule has 0 atom stereocenters. The molecule has 6 nitrogen and oxygen atoms in total. The van der Waals surface area contributed by atoms with Crippen molar-refractivity contribution in [2.75, 3.05) is 5.75 Å². The molecule has 7 heteroatoms. The summed E-state index contributed by atoms with van der Waals surface area (Å²) in [6, 6.07) is -0.00351. The van der Waals surface area contributed by atoms with Crippen LogP contribution in [0.3, 0.4) is 0 Å². The zero-order valence-electron chi connectivity index (χ0n) is 12.0. The van der Waals surface area contributed by atoms with Gasteiger partial charge in [0, 0.05) is 12.5 Å². The number of carbonyl (C=O) groups excluding carboxylic acids is 1. The molecule has 0 radical (unpaired) electrons. The summed E-state index contributed by atoms with van der Waals surface area (Å²) >= 11 is 0. The number of hydrogen-bond donors (Lipinski definition) is 2. The predicted molar refractivity (Wildman–Crippen MR) is 75.1 cm³/mol. The molecule has 116 valence electrons. The molecule has 0 aromatic heterocycles. The van der Waals surface area contributed by atoms with Crippen LogP contribution >= 0.6 is 0 Å². The number of amides is 1. The van der Waals surface area contributed by atoms with Gasteiger partial charge in [0.05, 0.1) is 16.9 Å². The summed E-state index contributed by atoms with van der Waals surface area (Å²) < 4.78 is 24.2. The number of hydrogen-bond acceptors (Lipinski definition) is 4. The van der Waals surface area contributed by atoms with Crippen LogP contribution in [0, 0.1) is 5.92 Å². The fourth-order valence-corrected chi connectivity index (χ4v) is 4.26. The highest BCUT2D eigenvalue weighted by molar-refractivity contribution is 7.92. The molecule has 1 saturated carbocycles. The Kier molecular flexibility index (Phi) is 5.98. The summed E-state index contributed by atoms with van der Waals surface area (Å²) in [4.78, 5) is 22.3. The first-order valence-electron chi connectivity index (χ1n) is 6.96. The molecule has 0 aromatic carbocycles. The monoisotopic (exact) mass is 305 g/mol. The van der Waals surface area contributed by atoms with E-state index in [-0.39, 0.29) is 24.1 Å². The minimum Gasteiger partial charge on any atom is -0.481 e. The quantitative estimate of drug-likeness (QED) is 0.761. The maximum Gasteiger partial charge on any atom is 0.306 e. The Labute approximate surface area is 119 Å². The fourth-order valence-electron chi connectivity index (χ4n) is 2.46. The second-order valence-electron chi connectivity index (χ2n) is 5.65. The summed E-state index contributed by atoms with van der Waals surface area (Å²) in [5.74, 6) is -1.70. The number of nitrogens with one attached hydrogen (secondary N) is 1. The average molecular weight is 305 g/mol. The molecule has 1 rings (SSSR count). The Morgan fingerprint density at radius 1 is 1.20 bits per heavy atom. The van der Waals surface area contributed by atoms with Crippen LogP contribution in [0.25, 0.3) is 0 Å². The lowest BCUT2D eigenvalue weighted by Gasteiger charge is -2.25. The second kappa shape index (κ2) is 7.06. The van der Waals surface area contributed by atoms with Crippen molar-refractivity contribution in [2.24, 2.45) is 5.92 Å². The van der Waals surface area contributed by atoms with Crippen molar-refractivity contribution in [1.29, 1.82) is 0 Å². The fraction of sp³-hybridized carbons (Fsp3) is 0.846. The number of aliphatic carboxylic acids is 1. The van der Waals surface area contributed by atoms with Gasteiger partial charge in [-0.2, -0.15) is 0 Å². The normalized spacial score (nSPS) is 23.6. The molecule has 0 saturated heterocycles. The first kappa shape index (κ1) is 16.9. The van der Waals surface area contributed by atoms with Crippen molar-refractivity contribution in [3.8, 4) is 0 Å². The van der Waals surface area contributed by atoms with Gasteiger partial charge in [-0.1, -0.05) is 0 Å². The first-order valence-corrected chi connectivity index (χ1v) is 8.67. The highest BCUT2D eigenvalue weighted by Gasteiger charge is 2.33. The molecule has 2 N–H and O–H groups in total. The van der Waals surface area contributed by atoms with Gasteiger partial charge in [0.2, 0.25) is 5.91 Å². The largest absolute Gasteiger partial charge is 0.481 e. The van der Waals surface area contributed by atoms with E-state index >= 15 is 0 Å². The number of rotatable bonds is 6. The Bertz CT molecular complexity index is 449. The van der Waals surface area contributed by atoms with Crippen molar-refractivity contribution < 1.29 is 23.1 Å². The van der Waals surface area contributed by atoms with Crippen LogP contribution < -0.4 is 5.32 Å². The van der Waals surface area contributed by atoms with Crippen LogP contribution in [0.5, 0.6) is 0 Å². The van der Waals surface area contributed by atoms with E-state index in [1.54, 1.807) is 0 Å². The maximum absolute atomic E-state index is 12.1. The average Bonchev–Trinajstić information content (AvgIpc) is 2.36. The van der Waals surface area contributed by atoms with Gasteiger partial charge in [-0.05, 0) is 39.5 Å². The van der Waals surface area contributed by atoms with E-state index in [9.17, 15) is 18.0 Å². The van der Waals surface area contributed by atoms with Crippen molar-refractivity contribution in [3.63, 3.8) is 0 Å². The standard InChI is InChI=1S/C13H23NO5S/c1-9(2)14-12(15)7-8-20(18,19)11-5-3-10(4-6-11)13(16)17/h9-11H,3-8H2,1-2H3,(H,14,15)(H,16,17). The minimum atomic E-state index is -3.32. The van der Waals surface area contributed by atoms with Crippen molar-refractivity contribution in [2.45, 2.75) is 57.2 Å². The van der Waals surface area contributed by atoms with Crippen LogP contribution in [0.15, 0.2) is 0 Å². The molecule has 0 aliphatic heterocycles. The van der Waals surface area contributed by atoms with Gasteiger partial charge in [-0.3, -0.25) is 9.59 Å². The zero-order valence-corrected chi connectivity index (χ0v) is 12.8. The molecule has 0 bridgehead atoms. The van der Waals surface area contributed by atoms with Gasteiger partial charge in [-0.25, -0.2) is 8.42 Å². The van der Waals surface area contributed by atoms with Crippen LogP contribution in [0.2, 0.25) is 0 Å². The minimum absolute atomic E-state index is 0.00351. The smallest absolute Gasteiger partial charge is 0.306 e. The summed E-state index contributed by atoms with van der Waals surface area (Å²) in [7, 11) is -3.32. The molecule has 0 heterocycles. The number of carboxylic acids is 1. The summed E-state index contributed by atoms with van der Waals surface area (Å²) in [6.07, 6.45) is 1.53. The van der Waals surface area contributed by atoms with Crippen molar-refractivity contribution in [3.05, 3.63) is 0 Å². The Hall–Kier alpha value is -1.11. The Morgan fingerprint density at radius 2 is 1.75 bits per heavy atom. The maximum atomic E-state index is 12.1. The van der Waals surface area contributed by atoms with E-state index in [1.165, 1.54) is 0 Å². The third-order valence-corrected chi connectivity index (χ3v) is 5.85. The van der Waals surface area contributed by atoms with Gasteiger partial charge in [-0.15, -0.1) is 0 Å². The lowest BCUT2D eigenvalue weighted by Crippen LogP contribution is -2.35. The molecule has 1 amide bonds. The number of carbonyl (C=O) groups is 2. The predicted octanol–water partition coefficient (Wildman–Crippen LogP) is 0.959. The molecule has 1 aliphatic rings. The SMILES string of the molecule is CC(C)NC(=O)CCS(=O)(=O)C1CCC(C(=O)O)CC1. The third kappa shape index (κ3) is 5.11. The van der Waals surface area contributed by atoms with Crippen LogP contribution in [0.4, 0.5) is 0 Å². The van der Waals surface area contributed by atoms with Gasteiger partial charge in [0.15, 0.2) is 9.84 Å². The summed E-state index contributed by atoms with van der Waals surface area (Å²) in [5, 5.41) is 11.0. The van der Waals surface area contributed by atoms with E-state index in [0.717, 1.165) is 0 Å². The number of carboxylic acid groups (broad SMARTS) is 1. The van der Waals surface area contributed by atoms with E-state index in [4.69, 9.17) is 5.11 Å². The van der Waals surface area contributed by atoms with Crippen LogP contribution in [-0.4, -0.2) is 42.4 Å². The number of sulfone groups is 1. The molecule has 1 fully saturated rings. The summed E-state index contributed by atoms with van der Waals surface area (Å²) in [6.45, 7) is 3.64. The summed E-state index contributed by atoms with van der Waals surface area (Å²) in [5.41, 5.74) is 0. The molecule has 0 aromatic rings. The van der Waals surface area contributed by atoms with Gasteiger partial charge >= 0.3 is 5.97 Å². The van der Waals surface area contributed by atoms with Crippen molar-refractivity contribution in [1.82, 2.24) is 5.32 Å². The van der Waals surface area contributed by atoms with Gasteiger partial charge in [0.25, 0.3) is 0 Å². The molecule has 0 spiro atoms. The van der Waals surface area contributed by atoms with Gasteiger partial charge in [0.1, 0.15) is 0 Å². The third-order valence-electron chi connectivity index (χ3n) is 3.59. The highest BCUT2D eigenvalue weighted by atomic mass is 32.2. The first-order chi connectivity index (χ1) is 9.22.